The molecule has 1 atom stereocenters. The first-order chi connectivity index (χ1) is 10.8. The molecule has 0 radical (unpaired) electrons. The normalized spacial score (nSPS) is 17.7. The molecule has 0 bridgehead atoms. The van der Waals surface area contributed by atoms with Crippen molar-refractivity contribution < 1.29 is 19.4 Å². The van der Waals surface area contributed by atoms with E-state index in [4.69, 9.17) is 9.84 Å². The molecule has 126 valence electrons. The van der Waals surface area contributed by atoms with Crippen LogP contribution in [0.25, 0.3) is 0 Å². The number of carboxylic acid groups (broad SMARTS) is 1. The first kappa shape index (κ1) is 17.1. The largest absolute Gasteiger partial charge is 0.496 e. The van der Waals surface area contributed by atoms with Crippen molar-refractivity contribution in [3.05, 3.63) is 22.8 Å². The lowest BCUT2D eigenvalue weighted by molar-refractivity contribution is -0.143. The Morgan fingerprint density at radius 1 is 1.30 bits per heavy atom. The van der Waals surface area contributed by atoms with Gasteiger partial charge < -0.3 is 20.1 Å². The fraction of sp³-hybridized carbons (Fsp3) is 0.529. The van der Waals surface area contributed by atoms with Crippen LogP contribution in [0.4, 0.5) is 10.5 Å². The fourth-order valence-corrected chi connectivity index (χ4v) is 3.00. The number of carboxylic acids is 1. The number of hydrogen-bond acceptors (Lipinski definition) is 3. The number of benzene rings is 1. The lowest BCUT2D eigenvalue weighted by Gasteiger charge is -2.31. The van der Waals surface area contributed by atoms with Gasteiger partial charge in [-0.2, -0.15) is 0 Å². The predicted octanol–water partition coefficient (Wildman–Crippen LogP) is 2.95. The van der Waals surface area contributed by atoms with Crippen LogP contribution >= 0.6 is 0 Å². The lowest BCUT2D eigenvalue weighted by atomic mass is 9.98. The van der Waals surface area contributed by atoms with Crippen LogP contribution in [-0.4, -0.2) is 42.2 Å². The van der Waals surface area contributed by atoms with E-state index in [0.29, 0.717) is 19.4 Å². The second-order valence-electron chi connectivity index (χ2n) is 6.07. The maximum Gasteiger partial charge on any atom is 0.321 e. The van der Waals surface area contributed by atoms with Crippen LogP contribution in [0, 0.1) is 26.7 Å². The van der Waals surface area contributed by atoms with Crippen molar-refractivity contribution in [2.75, 3.05) is 25.5 Å². The van der Waals surface area contributed by atoms with Gasteiger partial charge in [-0.25, -0.2) is 4.79 Å². The molecular weight excluding hydrogens is 296 g/mol. The Kier molecular flexibility index (Phi) is 5.13. The summed E-state index contributed by atoms with van der Waals surface area (Å²) in [5.74, 6) is -0.522. The monoisotopic (exact) mass is 320 g/mol. The van der Waals surface area contributed by atoms with Gasteiger partial charge in [0.15, 0.2) is 0 Å². The van der Waals surface area contributed by atoms with Crippen molar-refractivity contribution in [1.82, 2.24) is 4.90 Å². The molecular formula is C17H24N2O4. The van der Waals surface area contributed by atoms with Crippen molar-refractivity contribution in [3.8, 4) is 5.75 Å². The van der Waals surface area contributed by atoms with Gasteiger partial charge in [-0.3, -0.25) is 4.79 Å². The van der Waals surface area contributed by atoms with E-state index in [9.17, 15) is 9.59 Å². The number of nitrogens with one attached hydrogen (secondary N) is 1. The number of amides is 2. The molecule has 2 amide bonds. The number of anilines is 1. The quantitative estimate of drug-likeness (QED) is 0.897. The average Bonchev–Trinajstić information content (AvgIpc) is 2.54. The number of ether oxygens (including phenoxy) is 1. The minimum absolute atomic E-state index is 0.244. The van der Waals surface area contributed by atoms with E-state index < -0.39 is 11.9 Å². The zero-order valence-corrected chi connectivity index (χ0v) is 14.1. The molecule has 1 aromatic rings. The summed E-state index contributed by atoms with van der Waals surface area (Å²) < 4.78 is 5.33. The van der Waals surface area contributed by atoms with E-state index in [1.54, 1.807) is 12.0 Å². The molecule has 1 aliphatic rings. The van der Waals surface area contributed by atoms with Crippen LogP contribution in [0.2, 0.25) is 0 Å². The van der Waals surface area contributed by atoms with Gasteiger partial charge in [-0.05, 0) is 56.4 Å². The molecule has 0 saturated carbocycles. The summed E-state index contributed by atoms with van der Waals surface area (Å²) in [6.07, 6.45) is 1.34. The second-order valence-corrected chi connectivity index (χ2v) is 6.07. The molecule has 1 aromatic carbocycles. The number of rotatable bonds is 3. The van der Waals surface area contributed by atoms with Crippen molar-refractivity contribution in [3.63, 3.8) is 0 Å². The first-order valence-electron chi connectivity index (χ1n) is 7.78. The van der Waals surface area contributed by atoms with Crippen molar-refractivity contribution in [2.45, 2.75) is 33.6 Å². The summed E-state index contributed by atoms with van der Waals surface area (Å²) in [5, 5.41) is 12.1. The number of nitrogens with zero attached hydrogens (tertiary/aromatic N) is 1. The number of carbonyl (C=O) groups is 2. The molecule has 2 rings (SSSR count). The Hall–Kier alpha value is -2.24. The number of piperidine rings is 1. The summed E-state index contributed by atoms with van der Waals surface area (Å²) in [6, 6.07) is 1.65. The summed E-state index contributed by atoms with van der Waals surface area (Å²) >= 11 is 0. The Bertz CT molecular complexity index is 628. The maximum atomic E-state index is 12.5. The molecule has 0 spiro atoms. The molecule has 0 aromatic heterocycles. The highest BCUT2D eigenvalue weighted by atomic mass is 16.5. The SMILES string of the molecule is COc1cc(C)c(NC(=O)N2CCCC(C(=O)O)C2)c(C)c1C. The maximum absolute atomic E-state index is 12.5. The van der Waals surface area contributed by atoms with Gasteiger partial charge in [-0.15, -0.1) is 0 Å². The van der Waals surface area contributed by atoms with Gasteiger partial charge in [0.2, 0.25) is 0 Å². The summed E-state index contributed by atoms with van der Waals surface area (Å²) in [4.78, 5) is 25.2. The van der Waals surface area contributed by atoms with Crippen LogP contribution in [0.1, 0.15) is 29.5 Å². The third kappa shape index (κ3) is 3.57. The minimum Gasteiger partial charge on any atom is -0.496 e. The van der Waals surface area contributed by atoms with Gasteiger partial charge in [0, 0.05) is 18.8 Å². The number of urea groups is 1. The summed E-state index contributed by atoms with van der Waals surface area (Å²) in [7, 11) is 1.62. The smallest absolute Gasteiger partial charge is 0.321 e. The average molecular weight is 320 g/mol. The number of hydrogen-bond donors (Lipinski definition) is 2. The van der Waals surface area contributed by atoms with Crippen molar-refractivity contribution in [2.24, 2.45) is 5.92 Å². The molecule has 1 unspecified atom stereocenters. The Morgan fingerprint density at radius 2 is 2.00 bits per heavy atom. The van der Waals surface area contributed by atoms with Crippen LogP contribution in [0.15, 0.2) is 6.07 Å². The van der Waals surface area contributed by atoms with Gasteiger partial charge in [-0.1, -0.05) is 0 Å². The molecule has 1 heterocycles. The first-order valence-corrected chi connectivity index (χ1v) is 7.78. The van der Waals surface area contributed by atoms with Crippen molar-refractivity contribution >= 4 is 17.7 Å². The number of likely N-dealkylation sites (tertiary alicyclic amines) is 1. The third-order valence-corrected chi connectivity index (χ3v) is 4.56. The second kappa shape index (κ2) is 6.89. The Morgan fingerprint density at radius 3 is 2.61 bits per heavy atom. The number of aliphatic carboxylic acids is 1. The standard InChI is InChI=1S/C17H24N2O4/c1-10-8-14(23-4)11(2)12(3)15(10)18-17(22)19-7-5-6-13(9-19)16(20)21/h8,13H,5-7,9H2,1-4H3,(H,18,22)(H,20,21). The highest BCUT2D eigenvalue weighted by Crippen LogP contribution is 2.31. The molecule has 0 aliphatic carbocycles. The number of aryl methyl sites for hydroxylation is 1. The molecule has 1 aliphatic heterocycles. The molecule has 2 N–H and O–H groups in total. The Labute approximate surface area is 136 Å². The van der Waals surface area contributed by atoms with Crippen LogP contribution in [0.3, 0.4) is 0 Å². The van der Waals surface area contributed by atoms with E-state index >= 15 is 0 Å². The number of methoxy groups -OCH3 is 1. The van der Waals surface area contributed by atoms with E-state index in [0.717, 1.165) is 28.1 Å². The zero-order valence-electron chi connectivity index (χ0n) is 14.1. The van der Waals surface area contributed by atoms with E-state index in [1.807, 2.05) is 26.8 Å². The predicted molar refractivity (Wildman–Crippen MR) is 88.2 cm³/mol. The van der Waals surface area contributed by atoms with Crippen LogP contribution in [-0.2, 0) is 4.79 Å². The topological polar surface area (TPSA) is 78.9 Å². The van der Waals surface area contributed by atoms with E-state index in [2.05, 4.69) is 5.32 Å². The van der Waals surface area contributed by atoms with Crippen LogP contribution in [0.5, 0.6) is 5.75 Å². The summed E-state index contributed by atoms with van der Waals surface area (Å²) in [5.41, 5.74) is 3.63. The number of carbonyl (C=O) groups excluding carboxylic acids is 1. The van der Waals surface area contributed by atoms with Gasteiger partial charge >= 0.3 is 12.0 Å². The molecule has 1 fully saturated rings. The molecule has 1 saturated heterocycles. The molecule has 23 heavy (non-hydrogen) atoms. The summed E-state index contributed by atoms with van der Waals surface area (Å²) in [6.45, 7) is 6.65. The van der Waals surface area contributed by atoms with Crippen molar-refractivity contribution in [1.29, 1.82) is 0 Å². The van der Waals surface area contributed by atoms with Crippen LogP contribution < -0.4 is 10.1 Å². The highest BCUT2D eigenvalue weighted by molar-refractivity contribution is 5.92. The highest BCUT2D eigenvalue weighted by Gasteiger charge is 2.28. The minimum atomic E-state index is -0.838. The van der Waals surface area contributed by atoms with E-state index in [-0.39, 0.29) is 12.6 Å². The lowest BCUT2D eigenvalue weighted by Crippen LogP contribution is -2.44. The third-order valence-electron chi connectivity index (χ3n) is 4.56. The fourth-order valence-electron chi connectivity index (χ4n) is 3.00. The van der Waals surface area contributed by atoms with E-state index in [1.165, 1.54) is 0 Å². The zero-order chi connectivity index (χ0) is 17.1. The van der Waals surface area contributed by atoms with Gasteiger partial charge in [0.1, 0.15) is 5.75 Å². The molecule has 6 heteroatoms. The van der Waals surface area contributed by atoms with Gasteiger partial charge in [0.05, 0.1) is 13.0 Å². The van der Waals surface area contributed by atoms with Gasteiger partial charge in [0.25, 0.3) is 0 Å². The Balaban J connectivity index is 2.17. The molecule has 6 nitrogen and oxygen atoms in total.